The van der Waals surface area contributed by atoms with Crippen LogP contribution in [0.3, 0.4) is 0 Å². The van der Waals surface area contributed by atoms with Gasteiger partial charge in [-0.2, -0.15) is 10.2 Å². The molecule has 0 fully saturated rings. The van der Waals surface area contributed by atoms with Gasteiger partial charge in [0.25, 0.3) is 0 Å². The van der Waals surface area contributed by atoms with Crippen molar-refractivity contribution >= 4 is 11.6 Å². The molecular formula is C14H18N8. The zero-order valence-corrected chi connectivity index (χ0v) is 12.6. The van der Waals surface area contributed by atoms with E-state index in [0.717, 1.165) is 23.0 Å². The molecule has 0 saturated carbocycles. The third-order valence-electron chi connectivity index (χ3n) is 3.41. The molecule has 0 aliphatic carbocycles. The third-order valence-corrected chi connectivity index (χ3v) is 3.41. The number of rotatable bonds is 6. The Balaban J connectivity index is 1.60. The summed E-state index contributed by atoms with van der Waals surface area (Å²) < 4.78 is 3.66. The Morgan fingerprint density at radius 3 is 1.77 bits per heavy atom. The Hall–Kier alpha value is -2.90. The van der Waals surface area contributed by atoms with Crippen LogP contribution in [0.15, 0.2) is 36.9 Å². The summed E-state index contributed by atoms with van der Waals surface area (Å²) in [5.74, 6) is 1.53. The molecule has 3 heterocycles. The van der Waals surface area contributed by atoms with E-state index in [1.165, 1.54) is 6.33 Å². The Morgan fingerprint density at radius 2 is 1.36 bits per heavy atom. The number of hydrogen-bond donors (Lipinski definition) is 2. The molecule has 0 unspecified atom stereocenters. The smallest absolute Gasteiger partial charge is 0.131 e. The maximum Gasteiger partial charge on any atom is 0.131 e. The Labute approximate surface area is 128 Å². The first-order valence-corrected chi connectivity index (χ1v) is 6.96. The van der Waals surface area contributed by atoms with Crippen LogP contribution in [0.5, 0.6) is 0 Å². The lowest BCUT2D eigenvalue weighted by atomic mass is 10.4. The van der Waals surface area contributed by atoms with Gasteiger partial charge in [-0.15, -0.1) is 0 Å². The standard InChI is InChI=1S/C14H18N8/c1-21-11(3-5-19-21)8-15-13-7-14(18-10-17-13)16-9-12-4-6-20-22(12)2/h3-7,10H,8-9H2,1-2H3,(H2,15,16,17,18). The summed E-state index contributed by atoms with van der Waals surface area (Å²) in [5, 5.41) is 14.8. The van der Waals surface area contributed by atoms with Crippen molar-refractivity contribution in [3.63, 3.8) is 0 Å². The van der Waals surface area contributed by atoms with Crippen LogP contribution in [0, 0.1) is 0 Å². The van der Waals surface area contributed by atoms with E-state index in [9.17, 15) is 0 Å². The van der Waals surface area contributed by atoms with Crippen LogP contribution in [0.4, 0.5) is 11.6 Å². The molecule has 0 aromatic carbocycles. The molecule has 0 aliphatic heterocycles. The molecule has 0 aliphatic rings. The van der Waals surface area contributed by atoms with Gasteiger partial charge in [-0.3, -0.25) is 9.36 Å². The van der Waals surface area contributed by atoms with Crippen LogP contribution in [0.25, 0.3) is 0 Å². The molecule has 0 spiro atoms. The first-order chi connectivity index (χ1) is 10.7. The van der Waals surface area contributed by atoms with E-state index < -0.39 is 0 Å². The van der Waals surface area contributed by atoms with Crippen molar-refractivity contribution in [1.82, 2.24) is 29.5 Å². The van der Waals surface area contributed by atoms with Gasteiger partial charge < -0.3 is 10.6 Å². The highest BCUT2D eigenvalue weighted by atomic mass is 15.3. The minimum absolute atomic E-state index is 0.661. The molecule has 0 atom stereocenters. The highest BCUT2D eigenvalue weighted by Gasteiger charge is 2.03. The van der Waals surface area contributed by atoms with Crippen molar-refractivity contribution in [2.75, 3.05) is 10.6 Å². The fourth-order valence-corrected chi connectivity index (χ4v) is 2.06. The molecule has 0 bridgehead atoms. The van der Waals surface area contributed by atoms with Crippen molar-refractivity contribution in [3.8, 4) is 0 Å². The molecule has 8 heteroatoms. The van der Waals surface area contributed by atoms with Gasteiger partial charge in [-0.1, -0.05) is 0 Å². The molecule has 8 nitrogen and oxygen atoms in total. The summed E-state index contributed by atoms with van der Waals surface area (Å²) in [6.45, 7) is 1.32. The van der Waals surface area contributed by atoms with Crippen molar-refractivity contribution < 1.29 is 0 Å². The van der Waals surface area contributed by atoms with E-state index in [0.29, 0.717) is 13.1 Å². The zero-order valence-electron chi connectivity index (χ0n) is 12.6. The van der Waals surface area contributed by atoms with E-state index in [1.807, 2.05) is 41.7 Å². The maximum atomic E-state index is 4.22. The van der Waals surface area contributed by atoms with Crippen molar-refractivity contribution in [2.24, 2.45) is 14.1 Å². The molecule has 0 saturated heterocycles. The number of hydrogen-bond acceptors (Lipinski definition) is 6. The first kappa shape index (κ1) is 14.1. The fraction of sp³-hybridized carbons (Fsp3) is 0.286. The van der Waals surface area contributed by atoms with Gasteiger partial charge in [0.2, 0.25) is 0 Å². The molecule has 3 rings (SSSR count). The minimum atomic E-state index is 0.661. The van der Waals surface area contributed by atoms with E-state index in [1.54, 1.807) is 12.4 Å². The van der Waals surface area contributed by atoms with Gasteiger partial charge in [-0.05, 0) is 12.1 Å². The van der Waals surface area contributed by atoms with Crippen LogP contribution in [0.1, 0.15) is 11.4 Å². The second-order valence-corrected chi connectivity index (χ2v) is 4.89. The number of nitrogens with zero attached hydrogens (tertiary/aromatic N) is 6. The minimum Gasteiger partial charge on any atom is -0.364 e. The van der Waals surface area contributed by atoms with Gasteiger partial charge >= 0.3 is 0 Å². The van der Waals surface area contributed by atoms with Gasteiger partial charge in [0.15, 0.2) is 0 Å². The van der Waals surface area contributed by atoms with E-state index in [4.69, 9.17) is 0 Å². The van der Waals surface area contributed by atoms with Crippen molar-refractivity contribution in [2.45, 2.75) is 13.1 Å². The lowest BCUT2D eigenvalue weighted by Gasteiger charge is -2.09. The number of aryl methyl sites for hydroxylation is 2. The summed E-state index contributed by atoms with van der Waals surface area (Å²) in [5.41, 5.74) is 2.17. The lowest BCUT2D eigenvalue weighted by Crippen LogP contribution is -2.09. The average Bonchev–Trinajstić information content (AvgIpc) is 3.12. The highest BCUT2D eigenvalue weighted by molar-refractivity contribution is 5.46. The van der Waals surface area contributed by atoms with Crippen LogP contribution in [0.2, 0.25) is 0 Å². The predicted molar refractivity (Wildman–Crippen MR) is 83.1 cm³/mol. The molecular weight excluding hydrogens is 280 g/mol. The molecule has 3 aromatic rings. The summed E-state index contributed by atoms with van der Waals surface area (Å²) in [6.07, 6.45) is 5.09. The summed E-state index contributed by atoms with van der Waals surface area (Å²) in [4.78, 5) is 8.44. The van der Waals surface area contributed by atoms with Crippen molar-refractivity contribution in [1.29, 1.82) is 0 Å². The van der Waals surface area contributed by atoms with Crippen LogP contribution >= 0.6 is 0 Å². The van der Waals surface area contributed by atoms with Gasteiger partial charge in [0.05, 0.1) is 24.5 Å². The number of anilines is 2. The molecule has 2 N–H and O–H groups in total. The topological polar surface area (TPSA) is 85.5 Å². The van der Waals surface area contributed by atoms with Crippen LogP contribution < -0.4 is 10.6 Å². The SMILES string of the molecule is Cn1nccc1CNc1cc(NCc2ccnn2C)ncn1. The fourth-order valence-electron chi connectivity index (χ4n) is 2.06. The average molecular weight is 298 g/mol. The van der Waals surface area contributed by atoms with E-state index >= 15 is 0 Å². The monoisotopic (exact) mass is 298 g/mol. The van der Waals surface area contributed by atoms with Gasteiger partial charge in [0, 0.05) is 32.6 Å². The first-order valence-electron chi connectivity index (χ1n) is 6.96. The second-order valence-electron chi connectivity index (χ2n) is 4.89. The molecule has 0 amide bonds. The summed E-state index contributed by atoms with van der Waals surface area (Å²) in [7, 11) is 3.83. The highest BCUT2D eigenvalue weighted by Crippen LogP contribution is 2.11. The second kappa shape index (κ2) is 6.25. The largest absolute Gasteiger partial charge is 0.364 e. The van der Waals surface area contributed by atoms with Crippen LogP contribution in [-0.2, 0) is 27.2 Å². The molecule has 3 aromatic heterocycles. The van der Waals surface area contributed by atoms with E-state index in [-0.39, 0.29) is 0 Å². The lowest BCUT2D eigenvalue weighted by molar-refractivity contribution is 0.719. The quantitative estimate of drug-likeness (QED) is 0.710. The van der Waals surface area contributed by atoms with Gasteiger partial charge in [0.1, 0.15) is 18.0 Å². The Bertz CT molecular complexity index is 685. The number of nitrogens with one attached hydrogen (secondary N) is 2. The van der Waals surface area contributed by atoms with Crippen LogP contribution in [-0.4, -0.2) is 29.5 Å². The maximum absolute atomic E-state index is 4.22. The van der Waals surface area contributed by atoms with Crippen molar-refractivity contribution in [3.05, 3.63) is 48.3 Å². The van der Waals surface area contributed by atoms with E-state index in [2.05, 4.69) is 30.8 Å². The number of aromatic nitrogens is 6. The molecule has 0 radical (unpaired) electrons. The molecule has 114 valence electrons. The normalized spacial score (nSPS) is 10.6. The Morgan fingerprint density at radius 1 is 0.864 bits per heavy atom. The predicted octanol–water partition coefficient (Wildman–Crippen LogP) is 1.17. The Kier molecular flexibility index (Phi) is 3.99. The molecule has 22 heavy (non-hydrogen) atoms. The summed E-state index contributed by atoms with van der Waals surface area (Å²) in [6, 6.07) is 5.82. The summed E-state index contributed by atoms with van der Waals surface area (Å²) >= 11 is 0. The third kappa shape index (κ3) is 3.22. The van der Waals surface area contributed by atoms with Gasteiger partial charge in [-0.25, -0.2) is 9.97 Å². The zero-order chi connectivity index (χ0) is 15.4.